The number of nitrogens with one attached hydrogen (secondary N) is 2. The standard InChI is InChI=1S/C26H34N6O2/c1-3-24(33)32-16-8-7-9-20(32)18-30-26(31-29-2)23(17-27)25(28)19-12-14-22(15-13-19)34-21-10-5-4-6-11-21/h3-6,10-15,17,20,25,29H,1,7-9,16,18,27-28H2,2H3,(H,30,31)/b23-17-. The lowest BCUT2D eigenvalue weighted by Gasteiger charge is -2.34. The Bertz CT molecular complexity index is 1000. The highest BCUT2D eigenvalue weighted by Crippen LogP contribution is 2.25. The maximum absolute atomic E-state index is 12.2. The number of likely N-dealkylation sites (tertiary alicyclic amines) is 1. The van der Waals surface area contributed by atoms with Gasteiger partial charge in [-0.2, -0.15) is 0 Å². The summed E-state index contributed by atoms with van der Waals surface area (Å²) in [5.41, 5.74) is 20.0. The van der Waals surface area contributed by atoms with Gasteiger partial charge in [-0.1, -0.05) is 36.9 Å². The molecule has 8 heteroatoms. The van der Waals surface area contributed by atoms with E-state index in [0.29, 0.717) is 23.7 Å². The van der Waals surface area contributed by atoms with Crippen LogP contribution in [0.4, 0.5) is 0 Å². The molecule has 1 amide bonds. The molecule has 0 bridgehead atoms. The molecule has 34 heavy (non-hydrogen) atoms. The van der Waals surface area contributed by atoms with E-state index in [1.165, 1.54) is 12.3 Å². The number of para-hydroxylation sites is 1. The number of hydrogen-bond donors (Lipinski definition) is 4. The summed E-state index contributed by atoms with van der Waals surface area (Å²) in [4.78, 5) is 18.8. The van der Waals surface area contributed by atoms with Crippen LogP contribution in [0.3, 0.4) is 0 Å². The number of benzene rings is 2. The minimum absolute atomic E-state index is 0.0116. The zero-order valence-electron chi connectivity index (χ0n) is 19.6. The Morgan fingerprint density at radius 2 is 1.91 bits per heavy atom. The van der Waals surface area contributed by atoms with Gasteiger partial charge in [0.2, 0.25) is 5.91 Å². The van der Waals surface area contributed by atoms with Crippen LogP contribution in [0.25, 0.3) is 0 Å². The van der Waals surface area contributed by atoms with Crippen LogP contribution in [0.2, 0.25) is 0 Å². The van der Waals surface area contributed by atoms with Gasteiger partial charge < -0.3 is 26.5 Å². The van der Waals surface area contributed by atoms with E-state index >= 15 is 0 Å². The van der Waals surface area contributed by atoms with Crippen LogP contribution >= 0.6 is 0 Å². The summed E-state index contributed by atoms with van der Waals surface area (Å²) in [6.07, 6.45) is 5.78. The highest BCUT2D eigenvalue weighted by atomic mass is 16.5. The summed E-state index contributed by atoms with van der Waals surface area (Å²) in [5.74, 6) is 1.96. The first-order valence-electron chi connectivity index (χ1n) is 11.5. The molecule has 1 fully saturated rings. The number of amides is 1. The summed E-state index contributed by atoms with van der Waals surface area (Å²) in [6, 6.07) is 16.7. The van der Waals surface area contributed by atoms with Crippen molar-refractivity contribution in [1.29, 1.82) is 0 Å². The molecule has 1 heterocycles. The number of piperidine rings is 1. The molecular formula is C26H34N6O2. The maximum atomic E-state index is 12.2. The highest BCUT2D eigenvalue weighted by Gasteiger charge is 2.25. The number of ether oxygens (including phenoxy) is 1. The van der Waals surface area contributed by atoms with Gasteiger partial charge in [-0.3, -0.25) is 9.79 Å². The van der Waals surface area contributed by atoms with Crippen molar-refractivity contribution in [2.45, 2.75) is 31.3 Å². The third-order valence-corrected chi connectivity index (χ3v) is 5.79. The van der Waals surface area contributed by atoms with Crippen LogP contribution in [-0.2, 0) is 4.79 Å². The first-order chi connectivity index (χ1) is 16.6. The molecule has 0 aromatic heterocycles. The average molecular weight is 463 g/mol. The van der Waals surface area contributed by atoms with Gasteiger partial charge in [0, 0.05) is 25.4 Å². The predicted molar refractivity (Wildman–Crippen MR) is 136 cm³/mol. The number of aliphatic imine (C=N–C) groups is 1. The molecule has 0 spiro atoms. The summed E-state index contributed by atoms with van der Waals surface area (Å²) < 4.78 is 5.86. The molecule has 1 aliphatic rings. The van der Waals surface area contributed by atoms with Gasteiger partial charge >= 0.3 is 0 Å². The minimum atomic E-state index is -0.507. The Hall–Kier alpha value is -3.62. The molecule has 3 rings (SSSR count). The second kappa shape index (κ2) is 12.6. The topological polar surface area (TPSA) is 118 Å². The molecule has 0 saturated carbocycles. The van der Waals surface area contributed by atoms with Gasteiger partial charge in [-0.05, 0) is 55.2 Å². The number of hydrogen-bond acceptors (Lipinski definition) is 6. The second-order valence-corrected chi connectivity index (χ2v) is 8.03. The van der Waals surface area contributed by atoms with Crippen LogP contribution in [-0.4, -0.2) is 42.8 Å². The van der Waals surface area contributed by atoms with Crippen LogP contribution in [0.15, 0.2) is 84.0 Å². The predicted octanol–water partition coefficient (Wildman–Crippen LogP) is 3.01. The quantitative estimate of drug-likeness (QED) is 0.197. The fourth-order valence-electron chi connectivity index (χ4n) is 3.99. The van der Waals surface area contributed by atoms with Crippen LogP contribution in [0.5, 0.6) is 11.5 Å². The number of carbonyl (C=O) groups excluding carboxylic acids is 1. The maximum Gasteiger partial charge on any atom is 0.246 e. The van der Waals surface area contributed by atoms with E-state index in [4.69, 9.17) is 21.2 Å². The van der Waals surface area contributed by atoms with Crippen molar-refractivity contribution in [1.82, 2.24) is 15.8 Å². The normalized spacial score (nSPS) is 17.7. The van der Waals surface area contributed by atoms with Gasteiger partial charge in [-0.15, -0.1) is 0 Å². The summed E-state index contributed by atoms with van der Waals surface area (Å²) in [7, 11) is 1.75. The van der Waals surface area contributed by atoms with Gasteiger partial charge in [0.05, 0.1) is 18.6 Å². The lowest BCUT2D eigenvalue weighted by Crippen LogP contribution is -2.45. The smallest absolute Gasteiger partial charge is 0.246 e. The van der Waals surface area contributed by atoms with Gasteiger partial charge in [0.1, 0.15) is 17.3 Å². The molecule has 180 valence electrons. The molecule has 2 aromatic rings. The minimum Gasteiger partial charge on any atom is -0.457 e. The monoisotopic (exact) mass is 462 g/mol. The van der Waals surface area contributed by atoms with Crippen molar-refractivity contribution in [3.8, 4) is 11.5 Å². The van der Waals surface area contributed by atoms with E-state index in [1.54, 1.807) is 7.05 Å². The Kier molecular flexibility index (Phi) is 9.25. The summed E-state index contributed by atoms with van der Waals surface area (Å²) >= 11 is 0. The fourth-order valence-corrected chi connectivity index (χ4v) is 3.99. The van der Waals surface area contributed by atoms with Crippen LogP contribution < -0.4 is 27.1 Å². The zero-order chi connectivity index (χ0) is 24.3. The largest absolute Gasteiger partial charge is 0.457 e. The molecule has 2 atom stereocenters. The molecular weight excluding hydrogens is 428 g/mol. The van der Waals surface area contributed by atoms with E-state index in [0.717, 1.165) is 37.1 Å². The van der Waals surface area contributed by atoms with E-state index in [1.807, 2.05) is 59.5 Å². The van der Waals surface area contributed by atoms with Crippen molar-refractivity contribution >= 4 is 11.7 Å². The highest BCUT2D eigenvalue weighted by molar-refractivity contribution is 5.99. The molecule has 2 aromatic carbocycles. The Labute approximate surface area is 201 Å². The van der Waals surface area contributed by atoms with Crippen molar-refractivity contribution in [2.24, 2.45) is 16.5 Å². The zero-order valence-corrected chi connectivity index (χ0v) is 19.6. The molecule has 0 radical (unpaired) electrons. The van der Waals surface area contributed by atoms with Gasteiger partial charge in [0.25, 0.3) is 0 Å². The van der Waals surface area contributed by atoms with Crippen molar-refractivity contribution in [3.63, 3.8) is 0 Å². The van der Waals surface area contributed by atoms with Gasteiger partial charge in [-0.25, -0.2) is 5.43 Å². The molecule has 6 N–H and O–H groups in total. The van der Waals surface area contributed by atoms with Crippen molar-refractivity contribution < 1.29 is 9.53 Å². The molecule has 1 aliphatic heterocycles. The van der Waals surface area contributed by atoms with Gasteiger partial charge in [0.15, 0.2) is 0 Å². The van der Waals surface area contributed by atoms with E-state index in [-0.39, 0.29) is 11.9 Å². The third kappa shape index (κ3) is 6.46. The second-order valence-electron chi connectivity index (χ2n) is 8.03. The summed E-state index contributed by atoms with van der Waals surface area (Å²) in [6.45, 7) is 4.78. The number of carbonyl (C=O) groups is 1. The van der Waals surface area contributed by atoms with E-state index in [9.17, 15) is 4.79 Å². The van der Waals surface area contributed by atoms with Crippen molar-refractivity contribution in [2.75, 3.05) is 20.1 Å². The van der Waals surface area contributed by atoms with Crippen LogP contribution in [0.1, 0.15) is 30.9 Å². The number of hydrazine groups is 1. The Balaban J connectivity index is 1.74. The average Bonchev–Trinajstić information content (AvgIpc) is 2.88. The lowest BCUT2D eigenvalue weighted by atomic mass is 9.98. The first kappa shape index (κ1) is 25.0. The van der Waals surface area contributed by atoms with E-state index in [2.05, 4.69) is 17.4 Å². The fraction of sp³-hybridized carbons (Fsp3) is 0.308. The molecule has 0 aliphatic carbocycles. The lowest BCUT2D eigenvalue weighted by molar-refractivity contribution is -0.129. The Morgan fingerprint density at radius 3 is 2.56 bits per heavy atom. The number of amidine groups is 1. The number of nitrogens with two attached hydrogens (primary N) is 2. The molecule has 8 nitrogen and oxygen atoms in total. The Morgan fingerprint density at radius 1 is 1.21 bits per heavy atom. The number of nitrogens with zero attached hydrogens (tertiary/aromatic N) is 2. The summed E-state index contributed by atoms with van der Waals surface area (Å²) in [5, 5.41) is 0. The van der Waals surface area contributed by atoms with Crippen molar-refractivity contribution in [3.05, 3.63) is 84.6 Å². The molecule has 1 saturated heterocycles. The molecule has 2 unspecified atom stereocenters. The van der Waals surface area contributed by atoms with Crippen LogP contribution in [0, 0.1) is 0 Å². The number of rotatable bonds is 9. The van der Waals surface area contributed by atoms with E-state index < -0.39 is 6.04 Å². The third-order valence-electron chi connectivity index (χ3n) is 5.79. The first-order valence-corrected chi connectivity index (χ1v) is 11.5. The SMILES string of the molecule is C=CC(=O)N1CCCCC1CN=C(NNC)/C(=C\N)C(N)c1ccc(Oc2ccccc2)cc1.